The Bertz CT molecular complexity index is 490. The molecular weight excluding hydrogens is 240 g/mol. The highest BCUT2D eigenvalue weighted by Crippen LogP contribution is 2.23. The van der Waals surface area contributed by atoms with Gasteiger partial charge in [0.25, 0.3) is 5.56 Å². The van der Waals surface area contributed by atoms with Gasteiger partial charge in [-0.1, -0.05) is 34.1 Å². The molecule has 1 N–H and O–H groups in total. The average Bonchev–Trinajstić information content (AvgIpc) is 2.24. The Morgan fingerprint density at radius 1 is 1.26 bits per heavy atom. The molecule has 1 heterocycles. The molecule has 0 aliphatic heterocycles. The van der Waals surface area contributed by atoms with Gasteiger partial charge in [0.15, 0.2) is 0 Å². The van der Waals surface area contributed by atoms with Crippen LogP contribution in [-0.2, 0) is 17.6 Å². The van der Waals surface area contributed by atoms with Crippen molar-refractivity contribution >= 4 is 0 Å². The van der Waals surface area contributed by atoms with Crippen LogP contribution in [0.5, 0.6) is 0 Å². The minimum absolute atomic E-state index is 0.151. The monoisotopic (exact) mass is 266 g/mol. The largest absolute Gasteiger partial charge is 0.386 e. The summed E-state index contributed by atoms with van der Waals surface area (Å²) in [6.45, 7) is 12.1. The van der Waals surface area contributed by atoms with Crippen LogP contribution < -0.4 is 5.56 Å². The first-order valence-electron chi connectivity index (χ1n) is 6.93. The first kappa shape index (κ1) is 15.9. The van der Waals surface area contributed by atoms with Crippen molar-refractivity contribution in [2.24, 2.45) is 0 Å². The molecule has 0 amide bonds. The summed E-state index contributed by atoms with van der Waals surface area (Å²) in [4.78, 5) is 12.3. The van der Waals surface area contributed by atoms with Crippen LogP contribution in [0.1, 0.15) is 65.6 Å². The molecule has 0 aliphatic carbocycles. The molecular formula is C15H26N2O2. The predicted octanol–water partition coefficient (Wildman–Crippen LogP) is 2.57. The van der Waals surface area contributed by atoms with Gasteiger partial charge in [-0.2, -0.15) is 5.10 Å². The number of aryl methyl sites for hydroxylation is 1. The molecule has 0 bridgehead atoms. The summed E-state index contributed by atoms with van der Waals surface area (Å²) in [5, 5.41) is 14.6. The lowest BCUT2D eigenvalue weighted by Gasteiger charge is -2.24. The second kappa shape index (κ2) is 5.45. The molecule has 0 saturated carbocycles. The summed E-state index contributed by atoms with van der Waals surface area (Å²) >= 11 is 0. The van der Waals surface area contributed by atoms with Crippen LogP contribution in [0, 0.1) is 0 Å². The molecule has 4 nitrogen and oxygen atoms in total. The van der Waals surface area contributed by atoms with Gasteiger partial charge in [-0.25, -0.2) is 4.68 Å². The van der Waals surface area contributed by atoms with E-state index in [9.17, 15) is 9.90 Å². The third-order valence-corrected chi connectivity index (χ3v) is 3.13. The molecule has 0 radical (unpaired) electrons. The van der Waals surface area contributed by atoms with Crippen LogP contribution in [0.4, 0.5) is 0 Å². The summed E-state index contributed by atoms with van der Waals surface area (Å²) < 4.78 is 1.50. The first-order valence-corrected chi connectivity index (χ1v) is 6.93. The highest BCUT2D eigenvalue weighted by molar-refractivity contribution is 5.23. The van der Waals surface area contributed by atoms with Crippen molar-refractivity contribution in [1.29, 1.82) is 0 Å². The van der Waals surface area contributed by atoms with Gasteiger partial charge in [0.2, 0.25) is 0 Å². The highest BCUT2D eigenvalue weighted by Gasteiger charge is 2.26. The molecule has 0 aromatic carbocycles. The molecule has 19 heavy (non-hydrogen) atoms. The van der Waals surface area contributed by atoms with Gasteiger partial charge in [-0.05, 0) is 26.3 Å². The first-order chi connectivity index (χ1) is 8.57. The van der Waals surface area contributed by atoms with Gasteiger partial charge >= 0.3 is 0 Å². The van der Waals surface area contributed by atoms with Gasteiger partial charge in [0.1, 0.15) is 0 Å². The van der Waals surface area contributed by atoms with Gasteiger partial charge < -0.3 is 5.11 Å². The molecule has 0 saturated heterocycles. The smallest absolute Gasteiger partial charge is 0.272 e. The van der Waals surface area contributed by atoms with E-state index in [1.54, 1.807) is 19.9 Å². The van der Waals surface area contributed by atoms with Crippen molar-refractivity contribution in [2.45, 2.75) is 71.9 Å². The van der Waals surface area contributed by atoms with Gasteiger partial charge in [0.05, 0.1) is 16.9 Å². The van der Waals surface area contributed by atoms with Crippen LogP contribution in [0.2, 0.25) is 0 Å². The van der Waals surface area contributed by atoms with Crippen molar-refractivity contribution in [1.82, 2.24) is 9.78 Å². The predicted molar refractivity (Wildman–Crippen MR) is 77.3 cm³/mol. The fraction of sp³-hybridized carbons (Fsp3) is 0.733. The van der Waals surface area contributed by atoms with Crippen molar-refractivity contribution in [3.63, 3.8) is 0 Å². The number of aliphatic hydroxyl groups is 1. The fourth-order valence-corrected chi connectivity index (χ4v) is 1.81. The molecule has 0 fully saturated rings. The number of hydrogen-bond donors (Lipinski definition) is 1. The number of rotatable bonds is 4. The Labute approximate surface area is 115 Å². The molecule has 4 heteroatoms. The molecule has 0 spiro atoms. The van der Waals surface area contributed by atoms with E-state index < -0.39 is 5.60 Å². The number of unbranched alkanes of at least 4 members (excludes halogenated alkanes) is 1. The Morgan fingerprint density at radius 3 is 2.26 bits per heavy atom. The number of hydrogen-bond acceptors (Lipinski definition) is 3. The molecule has 108 valence electrons. The minimum Gasteiger partial charge on any atom is -0.386 e. The Balaban J connectivity index is 3.44. The van der Waals surface area contributed by atoms with E-state index in [0.29, 0.717) is 12.1 Å². The normalized spacial score (nSPS) is 12.8. The fourth-order valence-electron chi connectivity index (χ4n) is 1.81. The van der Waals surface area contributed by atoms with Crippen LogP contribution in [0.25, 0.3) is 0 Å². The van der Waals surface area contributed by atoms with Crippen molar-refractivity contribution in [3.8, 4) is 0 Å². The third-order valence-electron chi connectivity index (χ3n) is 3.13. The Kier molecular flexibility index (Phi) is 4.56. The standard InChI is InChI=1S/C15H26N2O2/c1-7-8-9-17-13(18)11(15(5,6)19)10-12(16-17)14(2,3)4/h10,19H,7-9H2,1-6H3. The van der Waals surface area contributed by atoms with E-state index in [1.807, 2.05) is 0 Å². The molecule has 0 unspecified atom stereocenters. The molecule has 1 aromatic heterocycles. The quantitative estimate of drug-likeness (QED) is 0.911. The van der Waals surface area contributed by atoms with Crippen LogP contribution in [0.15, 0.2) is 10.9 Å². The highest BCUT2D eigenvalue weighted by atomic mass is 16.3. The Hall–Kier alpha value is -1.16. The number of nitrogens with zero attached hydrogens (tertiary/aromatic N) is 2. The second-order valence-corrected chi connectivity index (χ2v) is 6.63. The summed E-state index contributed by atoms with van der Waals surface area (Å²) in [7, 11) is 0. The maximum atomic E-state index is 12.3. The molecule has 0 atom stereocenters. The molecule has 1 rings (SSSR count). The van der Waals surface area contributed by atoms with Crippen molar-refractivity contribution < 1.29 is 5.11 Å². The van der Waals surface area contributed by atoms with E-state index in [0.717, 1.165) is 18.5 Å². The van der Waals surface area contributed by atoms with Crippen molar-refractivity contribution in [3.05, 3.63) is 27.7 Å². The van der Waals surface area contributed by atoms with E-state index in [2.05, 4.69) is 32.8 Å². The zero-order valence-electron chi connectivity index (χ0n) is 12.9. The van der Waals surface area contributed by atoms with Gasteiger partial charge in [0, 0.05) is 12.0 Å². The lowest BCUT2D eigenvalue weighted by atomic mass is 9.89. The number of aromatic nitrogens is 2. The van der Waals surface area contributed by atoms with E-state index in [4.69, 9.17) is 0 Å². The van der Waals surface area contributed by atoms with Crippen LogP contribution in [-0.4, -0.2) is 14.9 Å². The lowest BCUT2D eigenvalue weighted by Crippen LogP contribution is -2.36. The summed E-state index contributed by atoms with van der Waals surface area (Å²) in [6.07, 6.45) is 1.91. The topological polar surface area (TPSA) is 55.1 Å². The maximum Gasteiger partial charge on any atom is 0.272 e. The summed E-state index contributed by atoms with van der Waals surface area (Å²) in [6, 6.07) is 1.74. The average molecular weight is 266 g/mol. The van der Waals surface area contributed by atoms with Crippen molar-refractivity contribution in [2.75, 3.05) is 0 Å². The van der Waals surface area contributed by atoms with Gasteiger partial charge in [-0.15, -0.1) is 0 Å². The Morgan fingerprint density at radius 2 is 1.84 bits per heavy atom. The van der Waals surface area contributed by atoms with Crippen LogP contribution in [0.3, 0.4) is 0 Å². The maximum absolute atomic E-state index is 12.3. The zero-order chi connectivity index (χ0) is 14.8. The summed E-state index contributed by atoms with van der Waals surface area (Å²) in [5.74, 6) is 0. The second-order valence-electron chi connectivity index (χ2n) is 6.63. The molecule has 0 aliphatic rings. The lowest BCUT2D eigenvalue weighted by molar-refractivity contribution is 0.0757. The van der Waals surface area contributed by atoms with E-state index >= 15 is 0 Å². The van der Waals surface area contributed by atoms with E-state index in [1.165, 1.54) is 4.68 Å². The van der Waals surface area contributed by atoms with Gasteiger partial charge in [-0.3, -0.25) is 4.79 Å². The van der Waals surface area contributed by atoms with Crippen LogP contribution >= 0.6 is 0 Å². The minimum atomic E-state index is -1.14. The zero-order valence-corrected chi connectivity index (χ0v) is 12.9. The third kappa shape index (κ3) is 3.90. The molecule has 1 aromatic rings. The summed E-state index contributed by atoms with van der Waals surface area (Å²) in [5.41, 5.74) is -0.229. The van der Waals surface area contributed by atoms with E-state index in [-0.39, 0.29) is 11.0 Å². The SMILES string of the molecule is CCCCn1nc(C(C)(C)C)cc(C(C)(C)O)c1=O.